The normalized spacial score (nSPS) is 20.8. The van der Waals surface area contributed by atoms with Crippen molar-refractivity contribution in [2.45, 2.75) is 39.5 Å². The maximum Gasteiger partial charge on any atom is 0.259 e. The van der Waals surface area contributed by atoms with Crippen molar-refractivity contribution in [1.29, 1.82) is 0 Å². The minimum Gasteiger partial charge on any atom is -0.472 e. The third-order valence-electron chi connectivity index (χ3n) is 6.28. The van der Waals surface area contributed by atoms with Crippen LogP contribution < -0.4 is 14.2 Å². The highest BCUT2D eigenvalue weighted by molar-refractivity contribution is 5.97. The first-order valence-electron chi connectivity index (χ1n) is 11.7. The van der Waals surface area contributed by atoms with Crippen molar-refractivity contribution in [3.05, 3.63) is 53.2 Å². The predicted molar refractivity (Wildman–Crippen MR) is 129 cm³/mol. The molecule has 0 saturated heterocycles. The number of aromatic nitrogens is 1. The van der Waals surface area contributed by atoms with Crippen LogP contribution in [0, 0.1) is 5.92 Å². The number of aliphatic hydroxyl groups is 1. The first kappa shape index (κ1) is 24.0. The van der Waals surface area contributed by atoms with E-state index >= 15 is 0 Å². The summed E-state index contributed by atoms with van der Waals surface area (Å²) < 4.78 is 17.3. The molecule has 1 aromatic carbocycles. The summed E-state index contributed by atoms with van der Waals surface area (Å²) in [5.41, 5.74) is 2.37. The highest BCUT2D eigenvalue weighted by atomic mass is 16.7. The fourth-order valence-electron chi connectivity index (χ4n) is 4.34. The molecule has 2 aliphatic heterocycles. The Labute approximate surface area is 200 Å². The van der Waals surface area contributed by atoms with Gasteiger partial charge in [0.25, 0.3) is 5.91 Å². The van der Waals surface area contributed by atoms with Crippen LogP contribution in [0.15, 0.2) is 36.5 Å². The summed E-state index contributed by atoms with van der Waals surface area (Å²) in [6, 6.07) is 7.48. The summed E-state index contributed by atoms with van der Waals surface area (Å²) in [6.45, 7) is 7.83. The monoisotopic (exact) mass is 467 g/mol. The zero-order chi connectivity index (χ0) is 24.2. The second-order valence-corrected chi connectivity index (χ2v) is 9.13. The number of allylic oxidation sites excluding steroid dienone is 1. The van der Waals surface area contributed by atoms with Crippen molar-refractivity contribution in [3.63, 3.8) is 0 Å². The number of aliphatic hydroxyl groups excluding tert-OH is 1. The number of nitrogens with zero attached hydrogens (tertiary/aromatic N) is 3. The summed E-state index contributed by atoms with van der Waals surface area (Å²) >= 11 is 0. The molecule has 1 amide bonds. The molecule has 1 aromatic heterocycles. The molecule has 1 N–H and O–H groups in total. The molecule has 0 aliphatic carbocycles. The van der Waals surface area contributed by atoms with Crippen LogP contribution in [0.25, 0.3) is 6.08 Å². The van der Waals surface area contributed by atoms with E-state index in [1.165, 1.54) is 0 Å². The second-order valence-electron chi connectivity index (χ2n) is 9.13. The Hall–Kier alpha value is -3.10. The number of ether oxygens (including phenoxy) is 3. The van der Waals surface area contributed by atoms with Crippen molar-refractivity contribution in [1.82, 2.24) is 14.8 Å². The van der Waals surface area contributed by atoms with Gasteiger partial charge < -0.3 is 24.2 Å². The number of carbonyl (C=O) groups is 1. The molecule has 0 spiro atoms. The van der Waals surface area contributed by atoms with Gasteiger partial charge in [-0.05, 0) is 50.2 Å². The van der Waals surface area contributed by atoms with Gasteiger partial charge >= 0.3 is 0 Å². The van der Waals surface area contributed by atoms with Crippen LogP contribution in [0.4, 0.5) is 0 Å². The molecular formula is C26H33N3O5. The van der Waals surface area contributed by atoms with Crippen LogP contribution in [0.2, 0.25) is 0 Å². The summed E-state index contributed by atoms with van der Waals surface area (Å²) in [5.74, 6) is 1.73. The number of fused-ring (bicyclic) bond motifs is 2. The van der Waals surface area contributed by atoms with Gasteiger partial charge in [0.2, 0.25) is 12.7 Å². The molecule has 34 heavy (non-hydrogen) atoms. The number of pyridine rings is 1. The molecule has 0 saturated carbocycles. The highest BCUT2D eigenvalue weighted by Crippen LogP contribution is 2.33. The topological polar surface area (TPSA) is 84.4 Å². The third-order valence-corrected chi connectivity index (χ3v) is 6.28. The Morgan fingerprint density at radius 2 is 2.09 bits per heavy atom. The van der Waals surface area contributed by atoms with Gasteiger partial charge in [-0.3, -0.25) is 9.69 Å². The molecule has 8 nitrogen and oxygen atoms in total. The molecule has 2 aromatic rings. The molecule has 0 radical (unpaired) electrons. The van der Waals surface area contributed by atoms with E-state index in [2.05, 4.69) is 16.8 Å². The van der Waals surface area contributed by atoms with Gasteiger partial charge in [-0.1, -0.05) is 25.1 Å². The number of hydrogen-bond acceptors (Lipinski definition) is 7. The molecule has 0 unspecified atom stereocenters. The van der Waals surface area contributed by atoms with E-state index in [9.17, 15) is 9.90 Å². The van der Waals surface area contributed by atoms with E-state index in [4.69, 9.17) is 14.2 Å². The second kappa shape index (κ2) is 10.4. The van der Waals surface area contributed by atoms with Crippen LogP contribution in [0.1, 0.15) is 42.3 Å². The SMILES string of the molecule is CC=Cc1cnc2c(c1)C(=O)N([C@@H](C)CO)C[C@H](C)[C@@H](CN(C)Cc1ccc3c(c1)OCO3)O2. The quantitative estimate of drug-likeness (QED) is 0.669. The van der Waals surface area contributed by atoms with Crippen LogP contribution in [0.5, 0.6) is 17.4 Å². The van der Waals surface area contributed by atoms with E-state index in [1.807, 2.05) is 57.3 Å². The average Bonchev–Trinajstić information content (AvgIpc) is 3.29. The number of likely N-dealkylation sites (N-methyl/N-ethyl adjacent to an activating group) is 1. The fraction of sp³-hybridized carbons (Fsp3) is 0.462. The molecule has 8 heteroatoms. The summed E-state index contributed by atoms with van der Waals surface area (Å²) in [4.78, 5) is 21.8. The van der Waals surface area contributed by atoms with Crippen molar-refractivity contribution in [3.8, 4) is 17.4 Å². The molecule has 3 heterocycles. The number of rotatable bonds is 7. The zero-order valence-electron chi connectivity index (χ0n) is 20.2. The van der Waals surface area contributed by atoms with Crippen molar-refractivity contribution >= 4 is 12.0 Å². The Balaban J connectivity index is 1.57. The lowest BCUT2D eigenvalue weighted by Gasteiger charge is -2.37. The third kappa shape index (κ3) is 5.18. The van der Waals surface area contributed by atoms with Gasteiger partial charge in [0.15, 0.2) is 11.5 Å². The number of carbonyl (C=O) groups excluding carboxylic acids is 1. The van der Waals surface area contributed by atoms with Crippen molar-refractivity contribution in [2.24, 2.45) is 5.92 Å². The standard InChI is InChI=1S/C26H33N3O5/c1-5-6-19-9-21-25(27-11-19)34-24(17(2)12-29(26(21)31)18(3)15-30)14-28(4)13-20-7-8-22-23(10-20)33-16-32-22/h5-11,17-18,24,30H,12-16H2,1-4H3/t17-,18-,24+/m0/s1. The van der Waals surface area contributed by atoms with E-state index in [0.29, 0.717) is 31.1 Å². The molecule has 3 atom stereocenters. The van der Waals surface area contributed by atoms with Crippen LogP contribution in [-0.2, 0) is 6.54 Å². The van der Waals surface area contributed by atoms with Crippen LogP contribution in [-0.4, -0.2) is 71.5 Å². The lowest BCUT2D eigenvalue weighted by atomic mass is 9.99. The van der Waals surface area contributed by atoms with Crippen LogP contribution >= 0.6 is 0 Å². The van der Waals surface area contributed by atoms with Crippen LogP contribution in [0.3, 0.4) is 0 Å². The van der Waals surface area contributed by atoms with Gasteiger partial charge in [-0.2, -0.15) is 0 Å². The summed E-state index contributed by atoms with van der Waals surface area (Å²) in [5, 5.41) is 9.80. The number of benzene rings is 1. The summed E-state index contributed by atoms with van der Waals surface area (Å²) in [6.07, 6.45) is 5.32. The Kier molecular flexibility index (Phi) is 7.38. The Morgan fingerprint density at radius 3 is 2.85 bits per heavy atom. The molecule has 0 fully saturated rings. The first-order valence-corrected chi connectivity index (χ1v) is 11.7. The minimum atomic E-state index is -0.307. The maximum absolute atomic E-state index is 13.4. The Morgan fingerprint density at radius 1 is 1.29 bits per heavy atom. The largest absolute Gasteiger partial charge is 0.472 e. The van der Waals surface area contributed by atoms with E-state index in [1.54, 1.807) is 11.1 Å². The first-order chi connectivity index (χ1) is 16.4. The molecular weight excluding hydrogens is 434 g/mol. The molecule has 2 aliphatic rings. The van der Waals surface area contributed by atoms with Gasteiger partial charge in [-0.15, -0.1) is 0 Å². The van der Waals surface area contributed by atoms with Gasteiger partial charge in [0, 0.05) is 31.7 Å². The Bertz CT molecular complexity index is 1060. The van der Waals surface area contributed by atoms with E-state index in [-0.39, 0.29) is 37.4 Å². The molecule has 182 valence electrons. The summed E-state index contributed by atoms with van der Waals surface area (Å²) in [7, 11) is 2.04. The van der Waals surface area contributed by atoms with Gasteiger partial charge in [-0.25, -0.2) is 4.98 Å². The number of hydrogen-bond donors (Lipinski definition) is 1. The zero-order valence-corrected chi connectivity index (χ0v) is 20.2. The van der Waals surface area contributed by atoms with E-state index < -0.39 is 0 Å². The average molecular weight is 468 g/mol. The highest BCUT2D eigenvalue weighted by Gasteiger charge is 2.34. The maximum atomic E-state index is 13.4. The van der Waals surface area contributed by atoms with Gasteiger partial charge in [0.1, 0.15) is 11.7 Å². The fourth-order valence-corrected chi connectivity index (χ4v) is 4.34. The van der Waals surface area contributed by atoms with Gasteiger partial charge in [0.05, 0.1) is 12.6 Å². The van der Waals surface area contributed by atoms with Crippen molar-refractivity contribution in [2.75, 3.05) is 33.5 Å². The lowest BCUT2D eigenvalue weighted by molar-refractivity contribution is 0.0325. The molecule has 4 rings (SSSR count). The minimum absolute atomic E-state index is 0.0299. The van der Waals surface area contributed by atoms with E-state index in [0.717, 1.165) is 22.6 Å². The smallest absolute Gasteiger partial charge is 0.259 e. The number of amides is 1. The lowest BCUT2D eigenvalue weighted by Crippen LogP contribution is -2.49. The van der Waals surface area contributed by atoms with Crippen molar-refractivity contribution < 1.29 is 24.1 Å². The predicted octanol–water partition coefficient (Wildman–Crippen LogP) is 3.20. The molecule has 0 bridgehead atoms.